The zero-order chi connectivity index (χ0) is 29.3. The second-order valence-electron chi connectivity index (χ2n) is 11.8. The summed E-state index contributed by atoms with van der Waals surface area (Å²) in [6.07, 6.45) is 5.78. The van der Waals surface area contributed by atoms with Crippen LogP contribution in [0.1, 0.15) is 51.2 Å². The predicted molar refractivity (Wildman–Crippen MR) is 161 cm³/mol. The van der Waals surface area contributed by atoms with E-state index in [0.29, 0.717) is 18.1 Å². The summed E-state index contributed by atoms with van der Waals surface area (Å²) in [5, 5.41) is 3.13. The van der Waals surface area contributed by atoms with Gasteiger partial charge in [0.25, 0.3) is 5.91 Å². The summed E-state index contributed by atoms with van der Waals surface area (Å²) >= 11 is 0. The van der Waals surface area contributed by atoms with E-state index in [4.69, 9.17) is 14.5 Å². The van der Waals surface area contributed by atoms with E-state index < -0.39 is 17.2 Å². The summed E-state index contributed by atoms with van der Waals surface area (Å²) in [6.45, 7) is 5.91. The van der Waals surface area contributed by atoms with E-state index in [1.165, 1.54) is 0 Å². The van der Waals surface area contributed by atoms with Crippen LogP contribution in [0.25, 0.3) is 22.4 Å². The first kappa shape index (κ1) is 27.4. The highest BCUT2D eigenvalue weighted by molar-refractivity contribution is 5.99. The van der Waals surface area contributed by atoms with Gasteiger partial charge in [-0.05, 0) is 74.9 Å². The number of carbonyl (C=O) groups excluding carboxylic acids is 2. The Kier molecular flexibility index (Phi) is 7.14. The number of pyridine rings is 2. The number of alkyl carbamates (subject to hydrolysis) is 1. The van der Waals surface area contributed by atoms with Crippen LogP contribution in [0, 0.1) is 0 Å². The summed E-state index contributed by atoms with van der Waals surface area (Å²) in [4.78, 5) is 36.4. The average Bonchev–Trinajstić information content (AvgIpc) is 2.96. The number of ether oxygens (including phenoxy) is 2. The molecule has 8 nitrogen and oxygen atoms in total. The molecule has 1 N–H and O–H groups in total. The Labute approximate surface area is 245 Å². The van der Waals surface area contributed by atoms with E-state index in [2.05, 4.69) is 22.4 Å². The number of hydrogen-bond donors (Lipinski definition) is 1. The van der Waals surface area contributed by atoms with Gasteiger partial charge in [-0.15, -0.1) is 0 Å². The molecule has 6 rings (SSSR count). The summed E-state index contributed by atoms with van der Waals surface area (Å²) < 4.78 is 11.4. The van der Waals surface area contributed by atoms with Crippen LogP contribution in [0.4, 0.5) is 10.5 Å². The van der Waals surface area contributed by atoms with Crippen molar-refractivity contribution in [1.29, 1.82) is 0 Å². The van der Waals surface area contributed by atoms with Crippen LogP contribution in [0.15, 0.2) is 85.2 Å². The van der Waals surface area contributed by atoms with Gasteiger partial charge in [-0.1, -0.05) is 54.6 Å². The minimum absolute atomic E-state index is 0.0764. The van der Waals surface area contributed by atoms with Crippen molar-refractivity contribution in [2.24, 2.45) is 0 Å². The smallest absolute Gasteiger partial charge is 0.408 e. The van der Waals surface area contributed by atoms with Crippen molar-refractivity contribution in [3.8, 4) is 28.3 Å². The molecule has 0 spiro atoms. The van der Waals surface area contributed by atoms with Gasteiger partial charge in [-0.2, -0.15) is 0 Å². The number of amides is 2. The molecule has 4 aromatic rings. The quantitative estimate of drug-likeness (QED) is 0.283. The Hall–Kier alpha value is -4.72. The average molecular weight is 563 g/mol. The molecule has 2 amide bonds. The third kappa shape index (κ3) is 5.57. The van der Waals surface area contributed by atoms with Gasteiger partial charge in [0.2, 0.25) is 5.88 Å². The fraction of sp³-hybridized carbons (Fsp3) is 0.294. The normalized spacial score (nSPS) is 15.7. The van der Waals surface area contributed by atoms with Crippen molar-refractivity contribution >= 4 is 17.7 Å². The van der Waals surface area contributed by atoms with Gasteiger partial charge in [-0.3, -0.25) is 9.78 Å². The van der Waals surface area contributed by atoms with Crippen LogP contribution in [-0.2, 0) is 21.6 Å². The van der Waals surface area contributed by atoms with Crippen LogP contribution < -0.4 is 15.0 Å². The summed E-state index contributed by atoms with van der Waals surface area (Å²) in [5.74, 6) is 0.296. The van der Waals surface area contributed by atoms with E-state index in [-0.39, 0.29) is 12.5 Å². The van der Waals surface area contributed by atoms with Gasteiger partial charge in [0.15, 0.2) is 6.61 Å². The van der Waals surface area contributed by atoms with Crippen LogP contribution in [0.2, 0.25) is 0 Å². The number of nitrogens with one attached hydrogen (secondary N) is 1. The fourth-order valence-electron chi connectivity index (χ4n) is 5.49. The van der Waals surface area contributed by atoms with E-state index in [1.807, 2.05) is 81.4 Å². The second kappa shape index (κ2) is 10.9. The van der Waals surface area contributed by atoms with Crippen LogP contribution in [0.3, 0.4) is 0 Å². The van der Waals surface area contributed by atoms with Gasteiger partial charge >= 0.3 is 6.09 Å². The van der Waals surface area contributed by atoms with Gasteiger partial charge in [0.1, 0.15) is 11.3 Å². The molecule has 1 saturated carbocycles. The zero-order valence-corrected chi connectivity index (χ0v) is 24.1. The van der Waals surface area contributed by atoms with Gasteiger partial charge < -0.3 is 19.7 Å². The highest BCUT2D eigenvalue weighted by atomic mass is 16.6. The number of hydrogen-bond acceptors (Lipinski definition) is 6. The Morgan fingerprint density at radius 1 is 1.00 bits per heavy atom. The minimum atomic E-state index is -0.564. The topological polar surface area (TPSA) is 93.6 Å². The molecule has 2 aliphatic rings. The Bertz CT molecular complexity index is 1590. The van der Waals surface area contributed by atoms with Crippen molar-refractivity contribution < 1.29 is 19.1 Å². The number of nitrogens with zero attached hydrogens (tertiary/aromatic N) is 3. The maximum atomic E-state index is 13.0. The number of fused-ring (bicyclic) bond motifs is 1. The first-order chi connectivity index (χ1) is 20.2. The van der Waals surface area contributed by atoms with E-state index in [9.17, 15) is 9.59 Å². The van der Waals surface area contributed by atoms with Crippen molar-refractivity contribution in [3.05, 3.63) is 96.3 Å². The lowest BCUT2D eigenvalue weighted by molar-refractivity contribution is -0.121. The molecule has 0 unspecified atom stereocenters. The van der Waals surface area contributed by atoms with Crippen molar-refractivity contribution in [1.82, 2.24) is 15.3 Å². The summed E-state index contributed by atoms with van der Waals surface area (Å²) in [7, 11) is 0. The molecule has 3 heterocycles. The van der Waals surface area contributed by atoms with Crippen LogP contribution >= 0.6 is 0 Å². The predicted octanol–water partition coefficient (Wildman–Crippen LogP) is 6.64. The summed E-state index contributed by atoms with van der Waals surface area (Å²) in [6, 6.07) is 24.0. The Morgan fingerprint density at radius 3 is 2.36 bits per heavy atom. The molecule has 0 radical (unpaired) electrons. The Balaban J connectivity index is 1.37. The minimum Gasteiger partial charge on any atom is -0.466 e. The number of rotatable bonds is 6. The van der Waals surface area contributed by atoms with Crippen molar-refractivity contribution in [2.75, 3.05) is 11.5 Å². The highest BCUT2D eigenvalue weighted by Gasteiger charge is 2.41. The molecular weight excluding hydrogens is 528 g/mol. The number of benzene rings is 2. The third-order valence-corrected chi connectivity index (χ3v) is 7.73. The van der Waals surface area contributed by atoms with Crippen molar-refractivity contribution in [3.63, 3.8) is 0 Å². The number of aromatic nitrogens is 2. The standard InChI is InChI=1S/C34H34N4O4/c1-33(2,3)42-32(40)37-34(16-7-17-34)26-12-10-25(11-13-26)30-27(24-8-5-4-6-9-24)20-28-31(36-30)41-22-29(39)38(28)21-23-14-18-35-19-15-23/h4-6,8-15,18-20H,7,16-17,21-22H2,1-3H3,(H,37,40). The van der Waals surface area contributed by atoms with Crippen LogP contribution in [-0.4, -0.2) is 34.2 Å². The number of carbonyl (C=O) groups is 2. The third-order valence-electron chi connectivity index (χ3n) is 7.73. The highest BCUT2D eigenvalue weighted by Crippen LogP contribution is 2.44. The van der Waals surface area contributed by atoms with Gasteiger partial charge in [0.05, 0.1) is 17.8 Å². The molecule has 2 aromatic heterocycles. The molecule has 2 aromatic carbocycles. The number of anilines is 1. The molecule has 0 bridgehead atoms. The molecule has 8 heteroatoms. The SMILES string of the molecule is CC(C)(C)OC(=O)NC1(c2ccc(-c3nc4c(cc3-c3ccccc3)N(Cc3ccncc3)C(=O)CO4)cc2)CCC1. The second-order valence-corrected chi connectivity index (χ2v) is 11.8. The van der Waals surface area contributed by atoms with Crippen molar-refractivity contribution in [2.45, 2.75) is 57.7 Å². The summed E-state index contributed by atoms with van der Waals surface area (Å²) in [5.41, 5.74) is 5.18. The molecular formula is C34H34N4O4. The first-order valence-corrected chi connectivity index (χ1v) is 14.3. The monoisotopic (exact) mass is 562 g/mol. The molecule has 42 heavy (non-hydrogen) atoms. The molecule has 214 valence electrons. The molecule has 0 atom stereocenters. The molecule has 1 fully saturated rings. The zero-order valence-electron chi connectivity index (χ0n) is 24.1. The lowest BCUT2D eigenvalue weighted by atomic mass is 9.71. The molecule has 0 saturated heterocycles. The largest absolute Gasteiger partial charge is 0.466 e. The maximum Gasteiger partial charge on any atom is 0.408 e. The van der Waals surface area contributed by atoms with E-state index >= 15 is 0 Å². The van der Waals surface area contributed by atoms with Gasteiger partial charge in [-0.25, -0.2) is 9.78 Å². The molecule has 1 aliphatic heterocycles. The fourth-order valence-corrected chi connectivity index (χ4v) is 5.49. The first-order valence-electron chi connectivity index (χ1n) is 14.3. The lowest BCUT2D eigenvalue weighted by Gasteiger charge is -2.43. The van der Waals surface area contributed by atoms with Gasteiger partial charge in [0, 0.05) is 23.5 Å². The lowest BCUT2D eigenvalue weighted by Crippen LogP contribution is -2.52. The van der Waals surface area contributed by atoms with E-state index in [0.717, 1.165) is 52.8 Å². The van der Waals surface area contributed by atoms with Crippen LogP contribution in [0.5, 0.6) is 5.88 Å². The molecule has 1 aliphatic carbocycles. The maximum absolute atomic E-state index is 13.0. The Morgan fingerprint density at radius 2 is 1.71 bits per heavy atom. The van der Waals surface area contributed by atoms with E-state index in [1.54, 1.807) is 17.3 Å².